The highest BCUT2D eigenvalue weighted by atomic mass is 79.9. The number of nitrogens with one attached hydrogen (secondary N) is 1. The molecule has 0 spiro atoms. The van der Waals surface area contributed by atoms with Gasteiger partial charge in [-0.25, -0.2) is 14.2 Å². The third-order valence-corrected chi connectivity index (χ3v) is 5.11. The van der Waals surface area contributed by atoms with Crippen LogP contribution in [-0.2, 0) is 4.74 Å². The van der Waals surface area contributed by atoms with Gasteiger partial charge in [-0.2, -0.15) is 0 Å². The second-order valence-electron chi connectivity index (χ2n) is 7.94. The molecule has 160 valence electrons. The second-order valence-corrected chi connectivity index (χ2v) is 8.79. The van der Waals surface area contributed by atoms with Gasteiger partial charge in [-0.05, 0) is 67.0 Å². The van der Waals surface area contributed by atoms with Crippen molar-refractivity contribution >= 4 is 39.4 Å². The summed E-state index contributed by atoms with van der Waals surface area (Å²) in [7, 11) is 0. The highest BCUT2D eigenvalue weighted by Crippen LogP contribution is 2.20. The van der Waals surface area contributed by atoms with Crippen molar-refractivity contribution < 1.29 is 18.7 Å². The number of carbonyl (C=O) groups excluding carboxylic acids is 2. The van der Waals surface area contributed by atoms with E-state index in [9.17, 15) is 14.0 Å². The molecule has 1 fully saturated rings. The van der Waals surface area contributed by atoms with E-state index < -0.39 is 17.3 Å². The van der Waals surface area contributed by atoms with Crippen LogP contribution in [0.15, 0.2) is 41.0 Å². The number of pyridine rings is 1. The molecule has 30 heavy (non-hydrogen) atoms. The molecule has 9 heteroatoms. The highest BCUT2D eigenvalue weighted by Gasteiger charge is 2.26. The molecule has 7 nitrogen and oxygen atoms in total. The molecule has 1 aromatic heterocycles. The molecule has 1 aliphatic rings. The van der Waals surface area contributed by atoms with Crippen LogP contribution in [0.4, 0.5) is 20.7 Å². The van der Waals surface area contributed by atoms with Crippen LogP contribution in [0.3, 0.4) is 0 Å². The van der Waals surface area contributed by atoms with Crippen molar-refractivity contribution in [3.63, 3.8) is 0 Å². The van der Waals surface area contributed by atoms with Crippen LogP contribution in [0.25, 0.3) is 0 Å². The van der Waals surface area contributed by atoms with Gasteiger partial charge in [0.1, 0.15) is 17.2 Å². The van der Waals surface area contributed by atoms with Crippen molar-refractivity contribution in [1.82, 2.24) is 9.88 Å². The number of carbonyl (C=O) groups is 2. The second kappa shape index (κ2) is 8.99. The number of nitrogens with zero attached hydrogens (tertiary/aromatic N) is 3. The molecule has 1 aromatic carbocycles. The maximum atomic E-state index is 13.6. The van der Waals surface area contributed by atoms with Crippen LogP contribution in [0.5, 0.6) is 0 Å². The molecule has 1 aliphatic heterocycles. The zero-order valence-corrected chi connectivity index (χ0v) is 18.7. The quantitative estimate of drug-likeness (QED) is 0.711. The Hall–Kier alpha value is -2.68. The minimum atomic E-state index is -0.513. The number of piperazine rings is 1. The summed E-state index contributed by atoms with van der Waals surface area (Å²) in [5, 5.41) is 2.66. The molecule has 2 aromatic rings. The molecule has 2 amide bonds. The Balaban J connectivity index is 1.55. The Labute approximate surface area is 183 Å². The Morgan fingerprint density at radius 2 is 1.83 bits per heavy atom. The number of rotatable bonds is 3. The topological polar surface area (TPSA) is 74.8 Å². The van der Waals surface area contributed by atoms with Gasteiger partial charge in [0.2, 0.25) is 0 Å². The predicted molar refractivity (Wildman–Crippen MR) is 116 cm³/mol. The van der Waals surface area contributed by atoms with Crippen molar-refractivity contribution in [2.45, 2.75) is 26.4 Å². The van der Waals surface area contributed by atoms with Gasteiger partial charge >= 0.3 is 6.09 Å². The average molecular weight is 479 g/mol. The molecule has 0 atom stereocenters. The van der Waals surface area contributed by atoms with Crippen LogP contribution in [0, 0.1) is 5.82 Å². The SMILES string of the molecule is CC(C)(C)OC(=O)N1CCN(c2ccc(NC(=O)c3ccc(Br)c(F)c3)nc2)CC1. The first-order chi connectivity index (χ1) is 14.1. The lowest BCUT2D eigenvalue weighted by molar-refractivity contribution is 0.0240. The largest absolute Gasteiger partial charge is 0.444 e. The van der Waals surface area contributed by atoms with Gasteiger partial charge in [0.25, 0.3) is 5.91 Å². The average Bonchev–Trinajstić information content (AvgIpc) is 2.69. The molecule has 0 bridgehead atoms. The highest BCUT2D eigenvalue weighted by molar-refractivity contribution is 9.10. The third-order valence-electron chi connectivity index (χ3n) is 4.47. The zero-order valence-electron chi connectivity index (χ0n) is 17.1. The lowest BCUT2D eigenvalue weighted by atomic mass is 10.2. The molecule has 0 radical (unpaired) electrons. The number of halogens is 2. The lowest BCUT2D eigenvalue weighted by Gasteiger charge is -2.36. The molecule has 0 unspecified atom stereocenters. The van der Waals surface area contributed by atoms with E-state index in [1.807, 2.05) is 26.8 Å². The number of benzene rings is 1. The Morgan fingerprint density at radius 3 is 2.40 bits per heavy atom. The van der Waals surface area contributed by atoms with E-state index in [1.54, 1.807) is 17.2 Å². The van der Waals surface area contributed by atoms with Crippen LogP contribution in [-0.4, -0.2) is 53.7 Å². The number of ether oxygens (including phenoxy) is 1. The summed E-state index contributed by atoms with van der Waals surface area (Å²) in [6.07, 6.45) is 1.36. The minimum Gasteiger partial charge on any atom is -0.444 e. The van der Waals surface area contributed by atoms with E-state index in [0.29, 0.717) is 36.5 Å². The summed E-state index contributed by atoms with van der Waals surface area (Å²) in [6, 6.07) is 7.73. The smallest absolute Gasteiger partial charge is 0.410 e. The van der Waals surface area contributed by atoms with Gasteiger partial charge in [-0.3, -0.25) is 4.79 Å². The first-order valence-electron chi connectivity index (χ1n) is 9.58. The van der Waals surface area contributed by atoms with Crippen molar-refractivity contribution in [3.05, 3.63) is 52.4 Å². The van der Waals surface area contributed by atoms with E-state index in [0.717, 1.165) is 11.8 Å². The van der Waals surface area contributed by atoms with Gasteiger partial charge in [0.15, 0.2) is 0 Å². The maximum Gasteiger partial charge on any atom is 0.410 e. The summed E-state index contributed by atoms with van der Waals surface area (Å²) < 4.78 is 19.3. The van der Waals surface area contributed by atoms with Crippen LogP contribution in [0.2, 0.25) is 0 Å². The molecule has 3 rings (SSSR count). The van der Waals surface area contributed by atoms with E-state index in [2.05, 4.69) is 31.1 Å². The Morgan fingerprint density at radius 1 is 1.13 bits per heavy atom. The Kier molecular flexibility index (Phi) is 6.60. The van der Waals surface area contributed by atoms with Gasteiger partial charge < -0.3 is 19.9 Å². The minimum absolute atomic E-state index is 0.208. The van der Waals surface area contributed by atoms with Crippen LogP contribution < -0.4 is 10.2 Å². The maximum absolute atomic E-state index is 13.6. The van der Waals surface area contributed by atoms with Crippen LogP contribution in [0.1, 0.15) is 31.1 Å². The first kappa shape index (κ1) is 22.0. The molecular weight excluding hydrogens is 455 g/mol. The number of hydrogen-bond donors (Lipinski definition) is 1. The van der Waals surface area contributed by atoms with Gasteiger partial charge in [0, 0.05) is 31.7 Å². The van der Waals surface area contributed by atoms with Crippen molar-refractivity contribution in [3.8, 4) is 0 Å². The molecular formula is C21H24BrFN4O3. The standard InChI is InChI=1S/C21H24BrFN4O3/c1-21(2,3)30-20(29)27-10-8-26(9-11-27)15-5-7-18(24-13-15)25-19(28)14-4-6-16(22)17(23)12-14/h4-7,12-13H,8-11H2,1-3H3,(H,24,25,28). The molecule has 0 saturated carbocycles. The summed E-state index contributed by atoms with van der Waals surface area (Å²) in [5.41, 5.74) is 0.590. The summed E-state index contributed by atoms with van der Waals surface area (Å²) in [6.45, 7) is 7.97. The first-order valence-corrected chi connectivity index (χ1v) is 10.4. The molecule has 0 aliphatic carbocycles. The number of anilines is 2. The zero-order chi connectivity index (χ0) is 21.9. The summed E-state index contributed by atoms with van der Waals surface area (Å²) in [4.78, 5) is 32.5. The van der Waals surface area contributed by atoms with Gasteiger partial charge in [0.05, 0.1) is 16.4 Å². The lowest BCUT2D eigenvalue weighted by Crippen LogP contribution is -2.50. The fourth-order valence-electron chi connectivity index (χ4n) is 2.95. The summed E-state index contributed by atoms with van der Waals surface area (Å²) >= 11 is 3.06. The normalized spacial score (nSPS) is 14.4. The van der Waals surface area contributed by atoms with Gasteiger partial charge in [-0.1, -0.05) is 0 Å². The van der Waals surface area contributed by atoms with Crippen molar-refractivity contribution in [2.24, 2.45) is 0 Å². The predicted octanol–water partition coefficient (Wildman–Crippen LogP) is 4.29. The van der Waals surface area contributed by atoms with Crippen molar-refractivity contribution in [2.75, 3.05) is 36.4 Å². The van der Waals surface area contributed by atoms with E-state index in [-0.39, 0.29) is 11.7 Å². The molecule has 1 N–H and O–H groups in total. The van der Waals surface area contributed by atoms with E-state index in [4.69, 9.17) is 4.74 Å². The number of amides is 2. The molecule has 1 saturated heterocycles. The third kappa shape index (κ3) is 5.69. The molecule has 2 heterocycles. The van der Waals surface area contributed by atoms with Gasteiger partial charge in [-0.15, -0.1) is 0 Å². The monoisotopic (exact) mass is 478 g/mol. The van der Waals surface area contributed by atoms with E-state index >= 15 is 0 Å². The number of hydrogen-bond acceptors (Lipinski definition) is 5. The van der Waals surface area contributed by atoms with E-state index in [1.165, 1.54) is 12.1 Å². The van der Waals surface area contributed by atoms with Crippen LogP contribution >= 0.6 is 15.9 Å². The fraction of sp³-hybridized carbons (Fsp3) is 0.381. The Bertz CT molecular complexity index is 923. The summed E-state index contributed by atoms with van der Waals surface area (Å²) in [5.74, 6) is -0.566. The van der Waals surface area contributed by atoms with Crippen molar-refractivity contribution in [1.29, 1.82) is 0 Å². The fourth-order valence-corrected chi connectivity index (χ4v) is 3.19. The number of aromatic nitrogens is 1.